The van der Waals surface area contributed by atoms with Crippen LogP contribution in [0.5, 0.6) is 11.5 Å². The van der Waals surface area contributed by atoms with Crippen molar-refractivity contribution in [3.8, 4) is 11.5 Å². The van der Waals surface area contributed by atoms with Crippen molar-refractivity contribution in [2.24, 2.45) is 0 Å². The van der Waals surface area contributed by atoms with Gasteiger partial charge in [-0.15, -0.1) is 0 Å². The molecule has 1 atom stereocenters. The SMILES string of the molecule is C=O.CC(Cc1ccccc1)NC(=O)c1ccnc(C=O)c1.CNC.CNCc1ccc(OC)cc1.COc1ccc(N(C)C=O)cc1.Cc1ccccc1. The third kappa shape index (κ3) is 22.5. The Morgan fingerprint density at radius 2 is 1.29 bits per heavy atom. The van der Waals surface area contributed by atoms with E-state index in [-0.39, 0.29) is 17.6 Å². The van der Waals surface area contributed by atoms with Crippen molar-refractivity contribution >= 4 is 31.1 Å². The van der Waals surface area contributed by atoms with Gasteiger partial charge in [0.15, 0.2) is 6.29 Å². The zero-order valence-corrected chi connectivity index (χ0v) is 33.3. The lowest BCUT2D eigenvalue weighted by atomic mass is 10.1. The highest BCUT2D eigenvalue weighted by atomic mass is 16.5. The van der Waals surface area contributed by atoms with Gasteiger partial charge in [0.2, 0.25) is 6.41 Å². The van der Waals surface area contributed by atoms with E-state index in [2.05, 4.69) is 52.1 Å². The molecule has 11 heteroatoms. The van der Waals surface area contributed by atoms with E-state index in [0.717, 1.165) is 36.6 Å². The fourth-order valence-electron chi connectivity index (χ4n) is 4.34. The lowest BCUT2D eigenvalue weighted by Crippen LogP contribution is -2.34. The summed E-state index contributed by atoms with van der Waals surface area (Å²) in [5.74, 6) is 1.50. The van der Waals surface area contributed by atoms with Crippen LogP contribution in [0.25, 0.3) is 0 Å². The molecule has 5 aromatic rings. The summed E-state index contributed by atoms with van der Waals surface area (Å²) < 4.78 is 10.0. The monoisotopic (exact) mass is 751 g/mol. The van der Waals surface area contributed by atoms with Crippen molar-refractivity contribution in [2.45, 2.75) is 32.9 Å². The molecule has 0 aliphatic heterocycles. The van der Waals surface area contributed by atoms with Crippen molar-refractivity contribution in [1.82, 2.24) is 20.9 Å². The standard InChI is InChI=1S/C16H16N2O2.C9H11NO2.C9H13NO.C7H8.C2H7N.CH2O/c1-12(9-13-5-3-2-4-6-13)18-16(20)14-7-8-17-15(10-14)11-19;1-10(7-11)8-3-5-9(12-2)6-4-8;1-10-7-8-3-5-9(11-2)6-4-8;1-7-5-3-2-4-6-7;1-3-2;1-2/h2-8,10-12H,9H2,1H3,(H,18,20);3-7H,1-2H3;3-6,10H,7H2,1-2H3;2-6H,1H3;3H,1-2H3;1H2. The number of aromatic nitrogens is 1. The van der Waals surface area contributed by atoms with Crippen LogP contribution in [0, 0.1) is 6.92 Å². The number of aryl methyl sites for hydroxylation is 1. The van der Waals surface area contributed by atoms with Crippen LogP contribution >= 0.6 is 0 Å². The van der Waals surface area contributed by atoms with Crippen LogP contribution in [0.2, 0.25) is 0 Å². The van der Waals surface area contributed by atoms with Crippen LogP contribution in [-0.2, 0) is 22.6 Å². The molecule has 0 saturated heterocycles. The van der Waals surface area contributed by atoms with E-state index >= 15 is 0 Å². The normalized spacial score (nSPS) is 9.67. The number of anilines is 1. The Labute approximate surface area is 327 Å². The van der Waals surface area contributed by atoms with Gasteiger partial charge < -0.3 is 35.1 Å². The molecule has 0 aliphatic rings. The molecule has 0 fully saturated rings. The number of amides is 2. The third-order valence-corrected chi connectivity index (χ3v) is 7.04. The van der Waals surface area contributed by atoms with Crippen molar-refractivity contribution in [3.05, 3.63) is 155 Å². The summed E-state index contributed by atoms with van der Waals surface area (Å²) in [5, 5.41) is 8.74. The van der Waals surface area contributed by atoms with Gasteiger partial charge in [0, 0.05) is 37.1 Å². The Bertz CT molecular complexity index is 1710. The fourth-order valence-corrected chi connectivity index (χ4v) is 4.34. The molecule has 0 radical (unpaired) electrons. The molecule has 0 spiro atoms. The number of hydrogen-bond donors (Lipinski definition) is 3. The number of nitrogens with zero attached hydrogens (tertiary/aromatic N) is 2. The predicted octanol–water partition coefficient (Wildman–Crippen LogP) is 6.60. The summed E-state index contributed by atoms with van der Waals surface area (Å²) in [5.41, 5.74) is 5.32. The minimum absolute atomic E-state index is 0.0118. The molecule has 1 heterocycles. The number of benzene rings is 4. The lowest BCUT2D eigenvalue weighted by molar-refractivity contribution is -0.107. The Morgan fingerprint density at radius 1 is 0.782 bits per heavy atom. The van der Waals surface area contributed by atoms with E-state index in [9.17, 15) is 14.4 Å². The molecule has 3 N–H and O–H groups in total. The molecule has 55 heavy (non-hydrogen) atoms. The first-order valence-electron chi connectivity index (χ1n) is 17.4. The van der Waals surface area contributed by atoms with E-state index in [4.69, 9.17) is 14.3 Å². The van der Waals surface area contributed by atoms with E-state index in [1.807, 2.05) is 120 Å². The van der Waals surface area contributed by atoms with Crippen molar-refractivity contribution in [3.63, 3.8) is 0 Å². The van der Waals surface area contributed by atoms with Gasteiger partial charge in [-0.2, -0.15) is 0 Å². The van der Waals surface area contributed by atoms with Gasteiger partial charge in [0.1, 0.15) is 24.0 Å². The predicted molar refractivity (Wildman–Crippen MR) is 223 cm³/mol. The topological polar surface area (TPSA) is 139 Å². The molecule has 5 rings (SSSR count). The summed E-state index contributed by atoms with van der Waals surface area (Å²) in [7, 11) is 10.7. The second-order valence-electron chi connectivity index (χ2n) is 11.6. The Kier molecular flexibility index (Phi) is 27.8. The largest absolute Gasteiger partial charge is 0.497 e. The first kappa shape index (κ1) is 48.8. The highest BCUT2D eigenvalue weighted by Gasteiger charge is 2.11. The average Bonchev–Trinajstić information content (AvgIpc) is 3.23. The van der Waals surface area contributed by atoms with E-state index in [0.29, 0.717) is 11.8 Å². The zero-order chi connectivity index (χ0) is 41.3. The van der Waals surface area contributed by atoms with Gasteiger partial charge in [-0.1, -0.05) is 78.4 Å². The maximum Gasteiger partial charge on any atom is 0.251 e. The first-order valence-corrected chi connectivity index (χ1v) is 17.4. The number of carbonyl (C=O) groups is 4. The van der Waals surface area contributed by atoms with Crippen LogP contribution in [0.4, 0.5) is 5.69 Å². The van der Waals surface area contributed by atoms with Crippen LogP contribution in [0.1, 0.15) is 44.5 Å². The number of hydrogen-bond acceptors (Lipinski definition) is 9. The van der Waals surface area contributed by atoms with Crippen molar-refractivity contribution in [2.75, 3.05) is 47.3 Å². The van der Waals surface area contributed by atoms with Crippen LogP contribution in [0.15, 0.2) is 128 Å². The summed E-state index contributed by atoms with van der Waals surface area (Å²) in [6.07, 6.45) is 3.62. The Balaban J connectivity index is 0.000000719. The molecular formula is C44H57N5O6. The number of methoxy groups -OCH3 is 2. The Morgan fingerprint density at radius 3 is 1.73 bits per heavy atom. The summed E-state index contributed by atoms with van der Waals surface area (Å²) >= 11 is 0. The fraction of sp³-hybridized carbons (Fsp3) is 0.250. The maximum atomic E-state index is 12.1. The summed E-state index contributed by atoms with van der Waals surface area (Å²) in [6, 6.07) is 38.6. The maximum absolute atomic E-state index is 12.1. The molecule has 0 bridgehead atoms. The van der Waals surface area contributed by atoms with Gasteiger partial charge in [0.05, 0.1) is 14.2 Å². The lowest BCUT2D eigenvalue weighted by Gasteiger charge is -2.14. The smallest absolute Gasteiger partial charge is 0.251 e. The third-order valence-electron chi connectivity index (χ3n) is 7.04. The van der Waals surface area contributed by atoms with Crippen LogP contribution < -0.4 is 30.3 Å². The summed E-state index contributed by atoms with van der Waals surface area (Å²) in [4.78, 5) is 46.4. The van der Waals surface area contributed by atoms with E-state index < -0.39 is 0 Å². The minimum atomic E-state index is -0.195. The molecule has 4 aromatic carbocycles. The number of rotatable bonds is 11. The second kappa shape index (κ2) is 31.4. The van der Waals surface area contributed by atoms with E-state index in [1.54, 1.807) is 27.3 Å². The molecule has 0 saturated carbocycles. The number of ether oxygens (including phenoxy) is 2. The number of aldehydes is 1. The Hall–Kier alpha value is -6.17. The zero-order valence-electron chi connectivity index (χ0n) is 33.3. The summed E-state index contributed by atoms with van der Waals surface area (Å²) in [6.45, 7) is 6.94. The van der Waals surface area contributed by atoms with Crippen LogP contribution in [-0.4, -0.2) is 78.8 Å². The second-order valence-corrected chi connectivity index (χ2v) is 11.6. The molecule has 11 nitrogen and oxygen atoms in total. The molecule has 2 amide bonds. The average molecular weight is 752 g/mol. The number of nitrogens with one attached hydrogen (secondary N) is 3. The van der Waals surface area contributed by atoms with E-state index in [1.165, 1.54) is 33.9 Å². The van der Waals surface area contributed by atoms with Crippen molar-refractivity contribution in [1.29, 1.82) is 0 Å². The quantitative estimate of drug-likeness (QED) is 0.127. The molecular weight excluding hydrogens is 695 g/mol. The van der Waals surface area contributed by atoms with Gasteiger partial charge in [-0.25, -0.2) is 0 Å². The van der Waals surface area contributed by atoms with Gasteiger partial charge >= 0.3 is 0 Å². The van der Waals surface area contributed by atoms with Crippen LogP contribution in [0.3, 0.4) is 0 Å². The van der Waals surface area contributed by atoms with Gasteiger partial charge in [0.25, 0.3) is 5.91 Å². The highest BCUT2D eigenvalue weighted by Crippen LogP contribution is 2.16. The minimum Gasteiger partial charge on any atom is -0.497 e. The van der Waals surface area contributed by atoms with Gasteiger partial charge in [-0.05, 0) is 101 Å². The van der Waals surface area contributed by atoms with Crippen molar-refractivity contribution < 1.29 is 28.7 Å². The van der Waals surface area contributed by atoms with Gasteiger partial charge in [-0.3, -0.25) is 19.4 Å². The molecule has 1 unspecified atom stereocenters. The first-order chi connectivity index (χ1) is 26.6. The number of pyridine rings is 1. The molecule has 1 aromatic heterocycles. The number of carbonyl (C=O) groups excluding carboxylic acids is 4. The molecule has 294 valence electrons. The molecule has 0 aliphatic carbocycles. The highest BCUT2D eigenvalue weighted by molar-refractivity contribution is 5.95.